The number of rotatable bonds is 3. The number of fused-ring (bicyclic) bond motifs is 1. The van der Waals surface area contributed by atoms with E-state index in [-0.39, 0.29) is 6.61 Å². The van der Waals surface area contributed by atoms with Gasteiger partial charge in [-0.3, -0.25) is 0 Å². The Morgan fingerprint density at radius 1 is 1.25 bits per heavy atom. The van der Waals surface area contributed by atoms with Gasteiger partial charge in [0.15, 0.2) is 0 Å². The van der Waals surface area contributed by atoms with Crippen molar-refractivity contribution in [1.29, 1.82) is 0 Å². The fourth-order valence-electron chi connectivity index (χ4n) is 1.76. The predicted octanol–water partition coefficient (Wildman–Crippen LogP) is 3.15. The number of hydrogen-bond donors (Lipinski definition) is 1. The molecule has 0 aliphatic rings. The van der Waals surface area contributed by atoms with Gasteiger partial charge in [-0.1, -0.05) is 24.3 Å². The summed E-state index contributed by atoms with van der Waals surface area (Å²) in [6.45, 7) is 0.183. The summed E-state index contributed by atoms with van der Waals surface area (Å²) in [6, 6.07) is 10.1. The lowest BCUT2D eigenvalue weighted by Crippen LogP contribution is -1.91. The SMILES string of the molecule is COc1ccc2cc(CCO)ccc2c1Br. The first-order valence-electron chi connectivity index (χ1n) is 5.12. The molecule has 0 amide bonds. The molecule has 3 heteroatoms. The highest BCUT2D eigenvalue weighted by Crippen LogP contribution is 2.33. The average Bonchev–Trinajstić information content (AvgIpc) is 2.30. The highest BCUT2D eigenvalue weighted by molar-refractivity contribution is 9.10. The van der Waals surface area contributed by atoms with Crippen molar-refractivity contribution in [2.45, 2.75) is 6.42 Å². The summed E-state index contributed by atoms with van der Waals surface area (Å²) >= 11 is 3.53. The van der Waals surface area contributed by atoms with Crippen molar-refractivity contribution >= 4 is 26.7 Å². The van der Waals surface area contributed by atoms with Crippen LogP contribution < -0.4 is 4.74 Å². The predicted molar refractivity (Wildman–Crippen MR) is 69.0 cm³/mol. The largest absolute Gasteiger partial charge is 0.496 e. The second-order valence-corrected chi connectivity index (χ2v) is 4.40. The molecular formula is C13H13BrO2. The lowest BCUT2D eigenvalue weighted by Gasteiger charge is -2.08. The minimum atomic E-state index is 0.183. The molecule has 84 valence electrons. The second kappa shape index (κ2) is 4.85. The van der Waals surface area contributed by atoms with Crippen LogP contribution in [0.4, 0.5) is 0 Å². The van der Waals surface area contributed by atoms with Gasteiger partial charge in [0.05, 0.1) is 11.6 Å². The van der Waals surface area contributed by atoms with Crippen LogP contribution in [0.2, 0.25) is 0 Å². The van der Waals surface area contributed by atoms with Gasteiger partial charge in [-0.2, -0.15) is 0 Å². The first kappa shape index (κ1) is 11.4. The van der Waals surface area contributed by atoms with Gasteiger partial charge < -0.3 is 9.84 Å². The quantitative estimate of drug-likeness (QED) is 0.936. The van der Waals surface area contributed by atoms with E-state index in [1.54, 1.807) is 7.11 Å². The van der Waals surface area contributed by atoms with Crippen LogP contribution in [0.5, 0.6) is 5.75 Å². The van der Waals surface area contributed by atoms with E-state index in [1.165, 1.54) is 0 Å². The lowest BCUT2D eigenvalue weighted by molar-refractivity contribution is 0.299. The maximum Gasteiger partial charge on any atom is 0.133 e. The number of halogens is 1. The topological polar surface area (TPSA) is 29.5 Å². The minimum Gasteiger partial charge on any atom is -0.496 e. The van der Waals surface area contributed by atoms with Crippen molar-refractivity contribution in [3.63, 3.8) is 0 Å². The molecule has 0 unspecified atom stereocenters. The molecule has 2 aromatic carbocycles. The normalized spacial score (nSPS) is 10.7. The van der Waals surface area contributed by atoms with E-state index in [4.69, 9.17) is 9.84 Å². The van der Waals surface area contributed by atoms with Crippen LogP contribution in [0, 0.1) is 0 Å². The second-order valence-electron chi connectivity index (χ2n) is 3.61. The number of ether oxygens (including phenoxy) is 1. The fraction of sp³-hybridized carbons (Fsp3) is 0.231. The van der Waals surface area contributed by atoms with Gasteiger partial charge >= 0.3 is 0 Å². The molecule has 0 aliphatic heterocycles. The third kappa shape index (κ3) is 2.06. The zero-order chi connectivity index (χ0) is 11.5. The summed E-state index contributed by atoms with van der Waals surface area (Å²) in [5.41, 5.74) is 1.15. The maximum atomic E-state index is 8.90. The van der Waals surface area contributed by atoms with Crippen LogP contribution >= 0.6 is 15.9 Å². The van der Waals surface area contributed by atoms with Gasteiger partial charge in [0, 0.05) is 6.61 Å². The number of hydrogen-bond acceptors (Lipinski definition) is 2. The van der Waals surface area contributed by atoms with E-state index in [0.29, 0.717) is 6.42 Å². The summed E-state index contributed by atoms with van der Waals surface area (Å²) in [5.74, 6) is 0.836. The number of benzene rings is 2. The molecule has 16 heavy (non-hydrogen) atoms. The van der Waals surface area contributed by atoms with E-state index < -0.39 is 0 Å². The van der Waals surface area contributed by atoms with Crippen LogP contribution in [-0.2, 0) is 6.42 Å². The number of methoxy groups -OCH3 is 1. The lowest BCUT2D eigenvalue weighted by atomic mass is 10.1. The molecule has 0 saturated heterocycles. The zero-order valence-corrected chi connectivity index (χ0v) is 10.6. The third-order valence-electron chi connectivity index (χ3n) is 2.60. The van der Waals surface area contributed by atoms with Crippen molar-refractivity contribution in [2.75, 3.05) is 13.7 Å². The Balaban J connectivity index is 2.56. The summed E-state index contributed by atoms with van der Waals surface area (Å²) in [7, 11) is 1.66. The Hall–Kier alpha value is -1.06. The minimum absolute atomic E-state index is 0.183. The van der Waals surface area contributed by atoms with E-state index in [9.17, 15) is 0 Å². The van der Waals surface area contributed by atoms with Crippen molar-refractivity contribution in [1.82, 2.24) is 0 Å². The first-order chi connectivity index (χ1) is 7.76. The van der Waals surface area contributed by atoms with E-state index in [0.717, 1.165) is 26.6 Å². The molecule has 0 saturated carbocycles. The Kier molecular flexibility index (Phi) is 3.46. The summed E-state index contributed by atoms with van der Waals surface area (Å²) in [6.07, 6.45) is 0.694. The third-order valence-corrected chi connectivity index (χ3v) is 3.42. The van der Waals surface area contributed by atoms with Crippen LogP contribution in [0.15, 0.2) is 34.8 Å². The van der Waals surface area contributed by atoms with Gasteiger partial charge in [0.1, 0.15) is 5.75 Å². The van der Waals surface area contributed by atoms with Gasteiger partial charge in [0.25, 0.3) is 0 Å². The summed E-state index contributed by atoms with van der Waals surface area (Å²) in [4.78, 5) is 0. The number of aliphatic hydroxyl groups excluding tert-OH is 1. The Labute approximate surface area is 103 Å². The van der Waals surface area contributed by atoms with Crippen LogP contribution in [0.25, 0.3) is 10.8 Å². The van der Waals surface area contributed by atoms with Crippen LogP contribution in [0.1, 0.15) is 5.56 Å². The van der Waals surface area contributed by atoms with Crippen molar-refractivity contribution < 1.29 is 9.84 Å². The molecule has 0 spiro atoms. The molecule has 0 aromatic heterocycles. The molecule has 2 nitrogen and oxygen atoms in total. The zero-order valence-electron chi connectivity index (χ0n) is 9.03. The van der Waals surface area contributed by atoms with Gasteiger partial charge in [-0.25, -0.2) is 0 Å². The Morgan fingerprint density at radius 3 is 2.75 bits per heavy atom. The van der Waals surface area contributed by atoms with Crippen LogP contribution in [-0.4, -0.2) is 18.8 Å². The highest BCUT2D eigenvalue weighted by Gasteiger charge is 2.05. The molecular weight excluding hydrogens is 268 g/mol. The molecule has 0 heterocycles. The standard InChI is InChI=1S/C13H13BrO2/c1-16-12-5-3-10-8-9(6-7-15)2-4-11(10)13(12)14/h2-5,8,15H,6-7H2,1H3. The van der Waals surface area contributed by atoms with E-state index in [2.05, 4.69) is 22.0 Å². The summed E-state index contributed by atoms with van der Waals surface area (Å²) < 4.78 is 6.22. The molecule has 0 radical (unpaired) electrons. The van der Waals surface area contributed by atoms with Gasteiger partial charge in [-0.15, -0.1) is 0 Å². The summed E-state index contributed by atoms with van der Waals surface area (Å²) in [5, 5.41) is 11.2. The van der Waals surface area contributed by atoms with Crippen LogP contribution in [0.3, 0.4) is 0 Å². The molecule has 0 atom stereocenters. The Bertz CT molecular complexity index is 509. The Morgan fingerprint density at radius 2 is 2.06 bits per heavy atom. The van der Waals surface area contributed by atoms with E-state index >= 15 is 0 Å². The average molecular weight is 281 g/mol. The molecule has 2 aromatic rings. The number of aliphatic hydroxyl groups is 1. The first-order valence-corrected chi connectivity index (χ1v) is 5.91. The van der Waals surface area contributed by atoms with Crippen molar-refractivity contribution in [2.24, 2.45) is 0 Å². The molecule has 0 bridgehead atoms. The molecule has 1 N–H and O–H groups in total. The van der Waals surface area contributed by atoms with Crippen molar-refractivity contribution in [3.8, 4) is 5.75 Å². The highest BCUT2D eigenvalue weighted by atomic mass is 79.9. The smallest absolute Gasteiger partial charge is 0.133 e. The molecule has 0 aliphatic carbocycles. The fourth-order valence-corrected chi connectivity index (χ4v) is 2.42. The monoisotopic (exact) mass is 280 g/mol. The molecule has 2 rings (SSSR count). The van der Waals surface area contributed by atoms with E-state index in [1.807, 2.05) is 24.3 Å². The maximum absolute atomic E-state index is 8.90. The van der Waals surface area contributed by atoms with Crippen molar-refractivity contribution in [3.05, 3.63) is 40.4 Å². The van der Waals surface area contributed by atoms with Gasteiger partial charge in [-0.05, 0) is 44.8 Å². The van der Waals surface area contributed by atoms with Gasteiger partial charge in [0.2, 0.25) is 0 Å². The molecule has 0 fully saturated rings.